The molecule has 0 saturated carbocycles. The van der Waals surface area contributed by atoms with Crippen LogP contribution in [0.2, 0.25) is 0 Å². The van der Waals surface area contributed by atoms with Gasteiger partial charge >= 0.3 is 6.03 Å². The smallest absolute Gasteiger partial charge is 0.315 e. The molecule has 0 bridgehead atoms. The highest BCUT2D eigenvalue weighted by Gasteiger charge is 2.37. The molecular weight excluding hydrogens is 256 g/mol. The van der Waals surface area contributed by atoms with Crippen molar-refractivity contribution in [1.82, 2.24) is 10.6 Å². The lowest BCUT2D eigenvalue weighted by Crippen LogP contribution is -2.46. The van der Waals surface area contributed by atoms with E-state index in [4.69, 9.17) is 9.47 Å². The molecule has 1 aliphatic heterocycles. The lowest BCUT2D eigenvalue weighted by Gasteiger charge is -2.31. The number of nitrogens with one attached hydrogen (secondary N) is 2. The fourth-order valence-electron chi connectivity index (χ4n) is 2.72. The van der Waals surface area contributed by atoms with Crippen molar-refractivity contribution in [2.24, 2.45) is 11.3 Å². The lowest BCUT2D eigenvalue weighted by molar-refractivity contribution is 0.00772. The van der Waals surface area contributed by atoms with E-state index in [2.05, 4.69) is 31.4 Å². The second kappa shape index (κ2) is 7.84. The number of hydrogen-bond donors (Lipinski definition) is 2. The average molecular weight is 286 g/mol. The first-order chi connectivity index (χ1) is 9.38. The van der Waals surface area contributed by atoms with Gasteiger partial charge in [0.15, 0.2) is 0 Å². The number of urea groups is 1. The number of methoxy groups -OCH3 is 1. The highest BCUT2D eigenvalue weighted by Crippen LogP contribution is 2.34. The first-order valence-electron chi connectivity index (χ1n) is 7.53. The number of carbonyl (C=O) groups is 1. The Morgan fingerprint density at radius 1 is 1.45 bits per heavy atom. The Hall–Kier alpha value is -0.810. The zero-order valence-electron chi connectivity index (χ0n) is 13.5. The average Bonchev–Trinajstić information content (AvgIpc) is 2.84. The molecule has 20 heavy (non-hydrogen) atoms. The van der Waals surface area contributed by atoms with Gasteiger partial charge in [0.2, 0.25) is 0 Å². The molecule has 5 heteroatoms. The number of ether oxygens (including phenoxy) is 2. The van der Waals surface area contributed by atoms with Crippen LogP contribution in [0.3, 0.4) is 0 Å². The van der Waals surface area contributed by atoms with Crippen molar-refractivity contribution in [2.75, 3.05) is 26.9 Å². The molecule has 5 nitrogen and oxygen atoms in total. The summed E-state index contributed by atoms with van der Waals surface area (Å²) in [5.41, 5.74) is 0.112. The summed E-state index contributed by atoms with van der Waals surface area (Å²) in [6.07, 6.45) is 2.08. The van der Waals surface area contributed by atoms with Crippen LogP contribution in [0.1, 0.15) is 40.5 Å². The minimum Gasteiger partial charge on any atom is -0.383 e. The van der Waals surface area contributed by atoms with Gasteiger partial charge < -0.3 is 20.1 Å². The molecule has 1 heterocycles. The van der Waals surface area contributed by atoms with Crippen molar-refractivity contribution in [1.29, 1.82) is 0 Å². The third-order valence-electron chi connectivity index (χ3n) is 3.79. The predicted molar refractivity (Wildman–Crippen MR) is 79.8 cm³/mol. The van der Waals surface area contributed by atoms with Crippen LogP contribution in [0.25, 0.3) is 0 Å². The van der Waals surface area contributed by atoms with Gasteiger partial charge in [-0.3, -0.25) is 0 Å². The molecule has 1 saturated heterocycles. The molecule has 0 spiro atoms. The van der Waals surface area contributed by atoms with Crippen LogP contribution >= 0.6 is 0 Å². The highest BCUT2D eigenvalue weighted by molar-refractivity contribution is 5.74. The topological polar surface area (TPSA) is 59.6 Å². The lowest BCUT2D eigenvalue weighted by atomic mass is 9.81. The van der Waals surface area contributed by atoms with E-state index in [1.165, 1.54) is 0 Å². The van der Waals surface area contributed by atoms with E-state index in [9.17, 15) is 4.79 Å². The Balaban J connectivity index is 2.37. The summed E-state index contributed by atoms with van der Waals surface area (Å²) in [5.74, 6) is 0.392. The van der Waals surface area contributed by atoms with Gasteiger partial charge in [-0.05, 0) is 18.3 Å². The molecule has 0 radical (unpaired) electrons. The van der Waals surface area contributed by atoms with Crippen LogP contribution < -0.4 is 10.6 Å². The number of rotatable bonds is 6. The molecule has 0 aromatic heterocycles. The van der Waals surface area contributed by atoms with E-state index in [-0.39, 0.29) is 23.6 Å². The van der Waals surface area contributed by atoms with E-state index in [0.717, 1.165) is 19.4 Å². The second-order valence-corrected chi connectivity index (χ2v) is 6.62. The van der Waals surface area contributed by atoms with Gasteiger partial charge in [0.25, 0.3) is 0 Å². The largest absolute Gasteiger partial charge is 0.383 e. The summed E-state index contributed by atoms with van der Waals surface area (Å²) in [6.45, 7) is 10.6. The molecule has 1 rings (SSSR count). The Labute approximate surface area is 122 Å². The fraction of sp³-hybridized carbons (Fsp3) is 0.933. The molecule has 2 N–H and O–H groups in total. The van der Waals surface area contributed by atoms with Gasteiger partial charge in [-0.1, -0.05) is 27.7 Å². The fourth-order valence-corrected chi connectivity index (χ4v) is 2.72. The first kappa shape index (κ1) is 17.2. The summed E-state index contributed by atoms with van der Waals surface area (Å²) in [4.78, 5) is 11.9. The van der Waals surface area contributed by atoms with E-state index in [1.54, 1.807) is 7.11 Å². The van der Waals surface area contributed by atoms with Crippen LogP contribution in [0.5, 0.6) is 0 Å². The summed E-state index contributed by atoms with van der Waals surface area (Å²) in [5, 5.41) is 5.89. The minimum atomic E-state index is -0.117. The monoisotopic (exact) mass is 286 g/mol. The second-order valence-electron chi connectivity index (χ2n) is 6.62. The zero-order chi connectivity index (χ0) is 15.2. The summed E-state index contributed by atoms with van der Waals surface area (Å²) >= 11 is 0. The van der Waals surface area contributed by atoms with Gasteiger partial charge in [0, 0.05) is 26.2 Å². The third kappa shape index (κ3) is 5.29. The Morgan fingerprint density at radius 3 is 2.70 bits per heavy atom. The molecule has 2 amide bonds. The van der Waals surface area contributed by atoms with Crippen LogP contribution in [-0.2, 0) is 9.47 Å². The maximum Gasteiger partial charge on any atom is 0.315 e. The molecular formula is C15H30N2O3. The van der Waals surface area contributed by atoms with Crippen molar-refractivity contribution in [2.45, 2.75) is 52.7 Å². The van der Waals surface area contributed by atoms with Crippen molar-refractivity contribution in [3.8, 4) is 0 Å². The van der Waals surface area contributed by atoms with Gasteiger partial charge in [0.1, 0.15) is 0 Å². The van der Waals surface area contributed by atoms with Gasteiger partial charge in [-0.25, -0.2) is 4.79 Å². The third-order valence-corrected chi connectivity index (χ3v) is 3.79. The summed E-state index contributed by atoms with van der Waals surface area (Å²) < 4.78 is 10.9. The molecule has 0 aliphatic carbocycles. The van der Waals surface area contributed by atoms with Crippen LogP contribution in [-0.4, -0.2) is 45.0 Å². The zero-order valence-corrected chi connectivity index (χ0v) is 13.5. The molecule has 1 fully saturated rings. The quantitative estimate of drug-likeness (QED) is 0.786. The maximum atomic E-state index is 11.9. The minimum absolute atomic E-state index is 0.0678. The molecule has 1 unspecified atom stereocenters. The highest BCUT2D eigenvalue weighted by atomic mass is 16.5. The van der Waals surface area contributed by atoms with E-state index in [1.807, 2.05) is 6.92 Å². The Morgan fingerprint density at radius 2 is 2.15 bits per heavy atom. The van der Waals surface area contributed by atoms with E-state index < -0.39 is 0 Å². The van der Waals surface area contributed by atoms with Crippen molar-refractivity contribution in [3.63, 3.8) is 0 Å². The van der Waals surface area contributed by atoms with Crippen molar-refractivity contribution < 1.29 is 14.3 Å². The molecule has 118 valence electrons. The normalized spacial score (nSPS) is 24.4. The molecule has 3 atom stereocenters. The van der Waals surface area contributed by atoms with Crippen LogP contribution in [0, 0.1) is 11.3 Å². The predicted octanol–water partition coefficient (Wildman–Crippen LogP) is 2.16. The molecule has 0 aromatic rings. The van der Waals surface area contributed by atoms with Crippen molar-refractivity contribution in [3.05, 3.63) is 0 Å². The van der Waals surface area contributed by atoms with Gasteiger partial charge in [0.05, 0.1) is 18.8 Å². The van der Waals surface area contributed by atoms with Gasteiger partial charge in [-0.2, -0.15) is 0 Å². The van der Waals surface area contributed by atoms with Crippen LogP contribution in [0.15, 0.2) is 0 Å². The van der Waals surface area contributed by atoms with Gasteiger partial charge in [-0.15, -0.1) is 0 Å². The Bertz CT molecular complexity index is 302. The van der Waals surface area contributed by atoms with Crippen molar-refractivity contribution >= 4 is 6.03 Å². The van der Waals surface area contributed by atoms with Crippen LogP contribution in [0.4, 0.5) is 4.79 Å². The summed E-state index contributed by atoms with van der Waals surface area (Å²) in [7, 11) is 1.64. The Kier molecular flexibility index (Phi) is 6.76. The van der Waals surface area contributed by atoms with E-state index in [0.29, 0.717) is 19.1 Å². The number of amides is 2. The molecule has 1 aliphatic rings. The summed E-state index contributed by atoms with van der Waals surface area (Å²) in [6, 6.07) is -0.0494. The SMILES string of the molecule is CCC(COC)NC(=O)NC[C@H]1CCO[C@@H]1C(C)(C)C. The number of carbonyl (C=O) groups excluding carboxylic acids is 1. The first-order valence-corrected chi connectivity index (χ1v) is 7.53. The number of hydrogen-bond acceptors (Lipinski definition) is 3. The van der Waals surface area contributed by atoms with E-state index >= 15 is 0 Å². The standard InChI is InChI=1S/C15H30N2O3/c1-6-12(10-19-5)17-14(18)16-9-11-7-8-20-13(11)15(2,3)4/h11-13H,6-10H2,1-5H3,(H2,16,17,18)/t11-,12?,13+/m1/s1. The molecule has 0 aromatic carbocycles. The maximum absolute atomic E-state index is 11.9.